The van der Waals surface area contributed by atoms with E-state index in [1.807, 2.05) is 43.0 Å². The second kappa shape index (κ2) is 7.19. The maximum Gasteiger partial charge on any atom is 0.197 e. The van der Waals surface area contributed by atoms with E-state index in [0.717, 1.165) is 35.5 Å². The van der Waals surface area contributed by atoms with E-state index in [0.29, 0.717) is 12.2 Å². The van der Waals surface area contributed by atoms with E-state index in [4.69, 9.17) is 16.3 Å². The number of aromatic nitrogens is 2. The summed E-state index contributed by atoms with van der Waals surface area (Å²) < 4.78 is 8.02. The molecular weight excluding hydrogens is 364 g/mol. The molecule has 1 atom stereocenters. The predicted molar refractivity (Wildman–Crippen MR) is 105 cm³/mol. The van der Waals surface area contributed by atoms with Crippen LogP contribution in [0.4, 0.5) is 0 Å². The standard InChI is InChI=1S/C20H21ClN4O2/c1-13-17(12-24(2)23-13)14-4-3-5-15(8-14)27-16-6-7-25(11-16)18-9-22-10-19(26)20(18)21/h3-5,8-9,12,16H,6-7,10-11H2,1-2H3/t16-/m1/s1. The molecule has 1 saturated heterocycles. The Bertz CT molecular complexity index is 947. The molecule has 7 heteroatoms. The lowest BCUT2D eigenvalue weighted by molar-refractivity contribution is -0.113. The summed E-state index contributed by atoms with van der Waals surface area (Å²) in [5, 5.41) is 4.68. The number of Topliss-reactive ketones (excluding diaryl/α,β-unsaturated/α-hetero) is 1. The minimum atomic E-state index is -0.127. The number of hydrogen-bond donors (Lipinski definition) is 0. The number of ether oxygens (including phenoxy) is 1. The van der Waals surface area contributed by atoms with Crippen LogP contribution in [0.3, 0.4) is 0 Å². The van der Waals surface area contributed by atoms with E-state index >= 15 is 0 Å². The van der Waals surface area contributed by atoms with Crippen LogP contribution in [-0.4, -0.2) is 52.4 Å². The third kappa shape index (κ3) is 3.62. The first-order valence-corrected chi connectivity index (χ1v) is 9.34. The number of ketones is 1. The molecule has 6 nitrogen and oxygen atoms in total. The van der Waals surface area contributed by atoms with Gasteiger partial charge in [-0.05, 0) is 24.6 Å². The van der Waals surface area contributed by atoms with Crippen molar-refractivity contribution in [2.45, 2.75) is 19.4 Å². The molecule has 0 unspecified atom stereocenters. The molecule has 0 N–H and O–H groups in total. The number of likely N-dealkylation sites (tertiary alicyclic amines) is 1. The van der Waals surface area contributed by atoms with Crippen molar-refractivity contribution in [3.63, 3.8) is 0 Å². The fourth-order valence-corrected chi connectivity index (χ4v) is 3.79. The quantitative estimate of drug-likeness (QED) is 0.813. The van der Waals surface area contributed by atoms with Crippen LogP contribution < -0.4 is 4.74 Å². The molecule has 1 fully saturated rings. The van der Waals surface area contributed by atoms with Crippen LogP contribution in [0.15, 0.2) is 46.2 Å². The van der Waals surface area contributed by atoms with Crippen molar-refractivity contribution < 1.29 is 9.53 Å². The van der Waals surface area contributed by atoms with Crippen LogP contribution in [0.1, 0.15) is 12.1 Å². The highest BCUT2D eigenvalue weighted by atomic mass is 35.5. The monoisotopic (exact) mass is 384 g/mol. The van der Waals surface area contributed by atoms with Gasteiger partial charge in [0.05, 0.1) is 17.9 Å². The van der Waals surface area contributed by atoms with Gasteiger partial charge in [0, 0.05) is 38.0 Å². The van der Waals surface area contributed by atoms with Gasteiger partial charge in [-0.25, -0.2) is 0 Å². The van der Waals surface area contributed by atoms with Crippen molar-refractivity contribution in [2.24, 2.45) is 12.0 Å². The zero-order valence-electron chi connectivity index (χ0n) is 15.4. The minimum Gasteiger partial charge on any atom is -0.488 e. The molecule has 1 aromatic carbocycles. The Kier molecular flexibility index (Phi) is 4.74. The van der Waals surface area contributed by atoms with Gasteiger partial charge in [-0.2, -0.15) is 5.10 Å². The van der Waals surface area contributed by atoms with Crippen LogP contribution >= 0.6 is 11.6 Å². The molecule has 140 valence electrons. The summed E-state index contributed by atoms with van der Waals surface area (Å²) in [5.74, 6) is 0.703. The van der Waals surface area contributed by atoms with Crippen molar-refractivity contribution in [1.82, 2.24) is 14.7 Å². The number of hydrogen-bond acceptors (Lipinski definition) is 5. The summed E-state index contributed by atoms with van der Waals surface area (Å²) in [5.41, 5.74) is 3.89. The number of halogens is 1. The molecule has 2 aliphatic rings. The van der Waals surface area contributed by atoms with Crippen molar-refractivity contribution in [1.29, 1.82) is 0 Å². The lowest BCUT2D eigenvalue weighted by atomic mass is 10.1. The third-order valence-corrected chi connectivity index (χ3v) is 5.27. The second-order valence-corrected chi connectivity index (χ2v) is 7.27. The van der Waals surface area contributed by atoms with Crippen LogP contribution in [0.25, 0.3) is 11.1 Å². The van der Waals surface area contributed by atoms with Gasteiger partial charge in [0.2, 0.25) is 0 Å². The van der Waals surface area contributed by atoms with Gasteiger partial charge in [-0.1, -0.05) is 23.7 Å². The lowest BCUT2D eigenvalue weighted by Gasteiger charge is -2.22. The van der Waals surface area contributed by atoms with Crippen LogP contribution in [0.2, 0.25) is 0 Å². The largest absolute Gasteiger partial charge is 0.488 e. The van der Waals surface area contributed by atoms with E-state index < -0.39 is 0 Å². The van der Waals surface area contributed by atoms with Crippen molar-refractivity contribution in [3.8, 4) is 16.9 Å². The Balaban J connectivity index is 1.47. The molecule has 0 aliphatic carbocycles. The zero-order chi connectivity index (χ0) is 19.0. The van der Waals surface area contributed by atoms with Gasteiger partial charge in [-0.15, -0.1) is 0 Å². The number of aliphatic imine (C=N–C) groups is 1. The fraction of sp³-hybridized carbons (Fsp3) is 0.350. The van der Waals surface area contributed by atoms with Crippen LogP contribution in [-0.2, 0) is 11.8 Å². The highest BCUT2D eigenvalue weighted by molar-refractivity contribution is 6.44. The lowest BCUT2D eigenvalue weighted by Crippen LogP contribution is -2.28. The van der Waals surface area contributed by atoms with Gasteiger partial charge < -0.3 is 9.64 Å². The molecule has 4 rings (SSSR count). The molecule has 1 aromatic heterocycles. The molecular formula is C20H21ClN4O2. The van der Waals surface area contributed by atoms with Crippen LogP contribution in [0, 0.1) is 6.92 Å². The number of benzene rings is 1. The number of dihydropyridines is 1. The Morgan fingerprint density at radius 1 is 1.33 bits per heavy atom. The smallest absolute Gasteiger partial charge is 0.197 e. The second-order valence-electron chi connectivity index (χ2n) is 6.90. The zero-order valence-corrected chi connectivity index (χ0v) is 16.1. The molecule has 2 aromatic rings. The first kappa shape index (κ1) is 17.8. The maximum atomic E-state index is 11.8. The first-order chi connectivity index (χ1) is 13.0. The summed E-state index contributed by atoms with van der Waals surface area (Å²) >= 11 is 6.17. The Morgan fingerprint density at radius 3 is 2.96 bits per heavy atom. The summed E-state index contributed by atoms with van der Waals surface area (Å²) in [4.78, 5) is 17.9. The molecule has 2 aliphatic heterocycles. The van der Waals surface area contributed by atoms with E-state index in [-0.39, 0.29) is 23.5 Å². The summed E-state index contributed by atoms with van der Waals surface area (Å²) in [6, 6.07) is 8.07. The van der Waals surface area contributed by atoms with E-state index in [1.54, 1.807) is 6.21 Å². The normalized spacial score (nSPS) is 19.9. The van der Waals surface area contributed by atoms with E-state index in [2.05, 4.69) is 21.1 Å². The Labute approximate surface area is 163 Å². The van der Waals surface area contributed by atoms with E-state index in [1.165, 1.54) is 0 Å². The fourth-order valence-electron chi connectivity index (χ4n) is 3.56. The number of carbonyl (C=O) groups excluding carboxylic acids is 1. The van der Waals surface area contributed by atoms with Crippen molar-refractivity contribution in [3.05, 3.63) is 46.9 Å². The Hall–Kier alpha value is -2.60. The van der Waals surface area contributed by atoms with Gasteiger partial charge in [0.25, 0.3) is 0 Å². The minimum absolute atomic E-state index is 0.0395. The highest BCUT2D eigenvalue weighted by Crippen LogP contribution is 2.29. The topological polar surface area (TPSA) is 59.7 Å². The number of aryl methyl sites for hydroxylation is 2. The predicted octanol–water partition coefficient (Wildman–Crippen LogP) is 2.95. The average Bonchev–Trinajstić information content (AvgIpc) is 3.23. The van der Waals surface area contributed by atoms with Crippen LogP contribution in [0.5, 0.6) is 5.75 Å². The number of carbonyl (C=O) groups is 1. The van der Waals surface area contributed by atoms with E-state index in [9.17, 15) is 4.79 Å². The van der Waals surface area contributed by atoms with Gasteiger partial charge in [0.1, 0.15) is 23.4 Å². The Morgan fingerprint density at radius 2 is 2.19 bits per heavy atom. The molecule has 0 radical (unpaired) electrons. The van der Waals surface area contributed by atoms with Crippen molar-refractivity contribution >= 4 is 23.6 Å². The SMILES string of the molecule is Cc1nn(C)cc1-c1cccc(O[C@@H]2CCN(C3=C(Cl)C(=O)CN=C3)C2)c1. The number of nitrogens with zero attached hydrogens (tertiary/aromatic N) is 4. The summed E-state index contributed by atoms with van der Waals surface area (Å²) in [6.45, 7) is 3.61. The molecule has 3 heterocycles. The average molecular weight is 385 g/mol. The van der Waals surface area contributed by atoms with Gasteiger partial charge in [0.15, 0.2) is 5.78 Å². The maximum absolute atomic E-state index is 11.8. The van der Waals surface area contributed by atoms with Gasteiger partial charge in [-0.3, -0.25) is 14.5 Å². The van der Waals surface area contributed by atoms with Crippen molar-refractivity contribution in [2.75, 3.05) is 19.6 Å². The number of allylic oxidation sites excluding steroid dienone is 1. The highest BCUT2D eigenvalue weighted by Gasteiger charge is 2.29. The summed E-state index contributed by atoms with van der Waals surface area (Å²) in [6.07, 6.45) is 4.61. The summed E-state index contributed by atoms with van der Waals surface area (Å²) in [7, 11) is 1.92. The first-order valence-electron chi connectivity index (χ1n) is 8.96. The third-order valence-electron chi connectivity index (χ3n) is 4.87. The molecule has 0 bridgehead atoms. The number of rotatable bonds is 4. The van der Waals surface area contributed by atoms with Gasteiger partial charge >= 0.3 is 0 Å². The molecule has 0 amide bonds. The molecule has 0 saturated carbocycles. The molecule has 0 spiro atoms. The molecule has 27 heavy (non-hydrogen) atoms.